The molecule has 128 valence electrons. The van der Waals surface area contributed by atoms with E-state index in [0.29, 0.717) is 11.1 Å². The van der Waals surface area contributed by atoms with Crippen molar-refractivity contribution < 1.29 is 14.8 Å². The quantitative estimate of drug-likeness (QED) is 0.551. The SMILES string of the molecule is Cn1ccc2cc(C(O)CNC(=O)c3ccc([N+](=O)[O-])cc3)ccc21. The molecule has 2 N–H and O–H groups in total. The zero-order valence-electron chi connectivity index (χ0n) is 13.5. The summed E-state index contributed by atoms with van der Waals surface area (Å²) in [6.45, 7) is 0.0498. The molecule has 1 unspecified atom stereocenters. The van der Waals surface area contributed by atoms with Crippen LogP contribution >= 0.6 is 0 Å². The minimum absolute atomic E-state index is 0.0498. The maximum Gasteiger partial charge on any atom is 0.269 e. The van der Waals surface area contributed by atoms with Gasteiger partial charge in [0.1, 0.15) is 0 Å². The molecule has 1 heterocycles. The van der Waals surface area contributed by atoms with Crippen molar-refractivity contribution in [3.8, 4) is 0 Å². The first-order chi connectivity index (χ1) is 12.0. The molecule has 0 aliphatic carbocycles. The van der Waals surface area contributed by atoms with Gasteiger partial charge in [0.2, 0.25) is 0 Å². The number of fused-ring (bicyclic) bond motifs is 1. The van der Waals surface area contributed by atoms with Crippen LogP contribution in [0, 0.1) is 10.1 Å². The Morgan fingerprint density at radius 1 is 1.24 bits per heavy atom. The lowest BCUT2D eigenvalue weighted by Crippen LogP contribution is -2.28. The second-order valence-corrected chi connectivity index (χ2v) is 5.77. The topological polar surface area (TPSA) is 97.4 Å². The number of amides is 1. The Labute approximate surface area is 143 Å². The largest absolute Gasteiger partial charge is 0.387 e. The number of aliphatic hydroxyl groups excluding tert-OH is 1. The number of aryl methyl sites for hydroxylation is 1. The molecule has 0 spiro atoms. The maximum atomic E-state index is 12.1. The van der Waals surface area contributed by atoms with Crippen LogP contribution in [-0.2, 0) is 7.05 Å². The number of rotatable bonds is 5. The molecule has 0 saturated carbocycles. The fourth-order valence-corrected chi connectivity index (χ4v) is 2.65. The average Bonchev–Trinajstić information content (AvgIpc) is 3.00. The molecule has 0 radical (unpaired) electrons. The van der Waals surface area contributed by atoms with Crippen molar-refractivity contribution in [2.75, 3.05) is 6.54 Å². The van der Waals surface area contributed by atoms with E-state index in [0.717, 1.165) is 10.9 Å². The zero-order chi connectivity index (χ0) is 18.0. The molecule has 0 fully saturated rings. The number of hydrogen-bond acceptors (Lipinski definition) is 4. The van der Waals surface area contributed by atoms with Gasteiger partial charge in [-0.25, -0.2) is 0 Å². The lowest BCUT2D eigenvalue weighted by molar-refractivity contribution is -0.384. The van der Waals surface area contributed by atoms with Crippen molar-refractivity contribution in [3.05, 3.63) is 76.0 Å². The van der Waals surface area contributed by atoms with Crippen LogP contribution in [0.15, 0.2) is 54.7 Å². The molecule has 0 bridgehead atoms. The van der Waals surface area contributed by atoms with Gasteiger partial charge in [0.25, 0.3) is 11.6 Å². The molecule has 7 heteroatoms. The maximum absolute atomic E-state index is 12.1. The highest BCUT2D eigenvalue weighted by Crippen LogP contribution is 2.21. The number of nitro benzene ring substituents is 1. The fraction of sp³-hybridized carbons (Fsp3) is 0.167. The Morgan fingerprint density at radius 3 is 2.64 bits per heavy atom. The molecular formula is C18H17N3O4. The van der Waals surface area contributed by atoms with Crippen molar-refractivity contribution in [1.82, 2.24) is 9.88 Å². The van der Waals surface area contributed by atoms with Crippen molar-refractivity contribution in [2.24, 2.45) is 7.05 Å². The zero-order valence-corrected chi connectivity index (χ0v) is 13.5. The molecule has 1 aromatic heterocycles. The summed E-state index contributed by atoms with van der Waals surface area (Å²) in [5.74, 6) is -0.394. The van der Waals surface area contributed by atoms with Crippen molar-refractivity contribution in [2.45, 2.75) is 6.10 Å². The highest BCUT2D eigenvalue weighted by Gasteiger charge is 2.13. The standard InChI is InChI=1S/C18H17N3O4/c1-20-9-8-13-10-14(4-7-16(13)20)17(22)11-19-18(23)12-2-5-15(6-3-12)21(24)25/h2-10,17,22H,11H2,1H3,(H,19,23). The summed E-state index contributed by atoms with van der Waals surface area (Å²) < 4.78 is 1.99. The van der Waals surface area contributed by atoms with Crippen molar-refractivity contribution in [1.29, 1.82) is 0 Å². The van der Waals surface area contributed by atoms with E-state index in [9.17, 15) is 20.0 Å². The van der Waals surface area contributed by atoms with Crippen LogP contribution in [0.5, 0.6) is 0 Å². The summed E-state index contributed by atoms with van der Waals surface area (Å²) in [5, 5.41) is 24.6. The third-order valence-corrected chi connectivity index (χ3v) is 4.09. The van der Waals surface area contributed by atoms with E-state index in [1.54, 1.807) is 0 Å². The predicted molar refractivity (Wildman–Crippen MR) is 93.3 cm³/mol. The molecule has 0 aliphatic rings. The molecular weight excluding hydrogens is 322 g/mol. The van der Waals surface area contributed by atoms with E-state index in [-0.39, 0.29) is 12.2 Å². The molecule has 0 saturated heterocycles. The minimum atomic E-state index is -0.841. The van der Waals surface area contributed by atoms with Gasteiger partial charge in [-0.3, -0.25) is 14.9 Å². The number of hydrogen-bond donors (Lipinski definition) is 2. The van der Waals surface area contributed by atoms with E-state index >= 15 is 0 Å². The summed E-state index contributed by atoms with van der Waals surface area (Å²) in [6, 6.07) is 12.9. The molecule has 3 rings (SSSR count). The number of nitro groups is 1. The second kappa shape index (κ2) is 6.74. The predicted octanol–water partition coefficient (Wildman–Crippen LogP) is 2.55. The molecule has 3 aromatic rings. The fourth-order valence-electron chi connectivity index (χ4n) is 2.65. The number of carbonyl (C=O) groups excluding carboxylic acids is 1. The Hall–Kier alpha value is -3.19. The third-order valence-electron chi connectivity index (χ3n) is 4.09. The molecule has 7 nitrogen and oxygen atoms in total. The van der Waals surface area contributed by atoms with Crippen molar-refractivity contribution in [3.63, 3.8) is 0 Å². The summed E-state index contributed by atoms with van der Waals surface area (Å²) in [4.78, 5) is 22.2. The molecule has 0 aliphatic heterocycles. The first-order valence-corrected chi connectivity index (χ1v) is 7.71. The van der Waals surface area contributed by atoms with Crippen LogP contribution in [0.25, 0.3) is 10.9 Å². The first-order valence-electron chi connectivity index (χ1n) is 7.71. The van der Waals surface area contributed by atoms with Gasteiger partial charge in [0, 0.05) is 43.0 Å². The summed E-state index contributed by atoms with van der Waals surface area (Å²) >= 11 is 0. The highest BCUT2D eigenvalue weighted by molar-refractivity contribution is 5.94. The number of benzene rings is 2. The second-order valence-electron chi connectivity index (χ2n) is 5.77. The average molecular weight is 339 g/mol. The van der Waals surface area contributed by atoms with Crippen LogP contribution in [0.3, 0.4) is 0 Å². The normalized spacial score (nSPS) is 12.1. The Kier molecular flexibility index (Phi) is 4.49. The summed E-state index contributed by atoms with van der Waals surface area (Å²) in [6.07, 6.45) is 1.10. The van der Waals surface area contributed by atoms with Gasteiger partial charge in [-0.05, 0) is 41.3 Å². The summed E-state index contributed by atoms with van der Waals surface area (Å²) in [7, 11) is 1.95. The van der Waals surface area contributed by atoms with E-state index < -0.39 is 16.9 Å². The number of nitrogens with one attached hydrogen (secondary N) is 1. The van der Waals surface area contributed by atoms with Crippen LogP contribution in [0.2, 0.25) is 0 Å². The Morgan fingerprint density at radius 2 is 1.96 bits per heavy atom. The van der Waals surface area contributed by atoms with Gasteiger partial charge in [-0.2, -0.15) is 0 Å². The van der Waals surface area contributed by atoms with Gasteiger partial charge in [-0.15, -0.1) is 0 Å². The number of non-ortho nitro benzene ring substituents is 1. The molecule has 2 aromatic carbocycles. The molecule has 25 heavy (non-hydrogen) atoms. The number of aromatic nitrogens is 1. The van der Waals surface area contributed by atoms with E-state index in [2.05, 4.69) is 5.32 Å². The van der Waals surface area contributed by atoms with Crippen LogP contribution < -0.4 is 5.32 Å². The molecule has 1 amide bonds. The highest BCUT2D eigenvalue weighted by atomic mass is 16.6. The van der Waals surface area contributed by atoms with Gasteiger partial charge in [-0.1, -0.05) is 6.07 Å². The van der Waals surface area contributed by atoms with Gasteiger partial charge in [0.15, 0.2) is 0 Å². The van der Waals surface area contributed by atoms with Gasteiger partial charge in [0.05, 0.1) is 11.0 Å². The van der Waals surface area contributed by atoms with Crippen molar-refractivity contribution >= 4 is 22.5 Å². The van der Waals surface area contributed by atoms with Crippen LogP contribution in [0.1, 0.15) is 22.0 Å². The third kappa shape index (κ3) is 3.51. The minimum Gasteiger partial charge on any atom is -0.387 e. The number of nitrogens with zero attached hydrogens (tertiary/aromatic N) is 2. The Balaban J connectivity index is 1.65. The monoisotopic (exact) mass is 339 g/mol. The number of aliphatic hydroxyl groups is 1. The van der Waals surface area contributed by atoms with Gasteiger partial charge < -0.3 is 15.0 Å². The lowest BCUT2D eigenvalue weighted by atomic mass is 10.1. The molecule has 1 atom stereocenters. The van der Waals surface area contributed by atoms with Crippen LogP contribution in [0.4, 0.5) is 5.69 Å². The summed E-state index contributed by atoms with van der Waals surface area (Å²) in [5.41, 5.74) is 2.00. The smallest absolute Gasteiger partial charge is 0.269 e. The van der Waals surface area contributed by atoms with E-state index in [1.165, 1.54) is 24.3 Å². The van der Waals surface area contributed by atoms with Crippen LogP contribution in [-0.4, -0.2) is 27.0 Å². The van der Waals surface area contributed by atoms with E-state index in [1.807, 2.05) is 42.1 Å². The first kappa shape index (κ1) is 16.7. The lowest BCUT2D eigenvalue weighted by Gasteiger charge is -2.13. The van der Waals surface area contributed by atoms with Gasteiger partial charge >= 0.3 is 0 Å². The van der Waals surface area contributed by atoms with E-state index in [4.69, 9.17) is 0 Å². The number of carbonyl (C=O) groups is 1. The Bertz CT molecular complexity index is 931.